The van der Waals surface area contributed by atoms with Crippen molar-refractivity contribution < 1.29 is 19.1 Å². The molecule has 3 heterocycles. The molecule has 3 aliphatic heterocycles. The predicted octanol–water partition coefficient (Wildman–Crippen LogP) is 1.72. The summed E-state index contributed by atoms with van der Waals surface area (Å²) in [5.74, 6) is -1.05. The molecule has 2 aromatic rings. The number of fused-ring (bicyclic) bond motifs is 4. The number of rotatable bonds is 1. The first-order valence-electron chi connectivity index (χ1n) is 9.30. The Morgan fingerprint density at radius 2 is 1.75 bits per heavy atom. The first kappa shape index (κ1) is 16.9. The van der Waals surface area contributed by atoms with Gasteiger partial charge >= 0.3 is 6.03 Å². The van der Waals surface area contributed by atoms with Crippen LogP contribution >= 0.6 is 0 Å². The molecule has 142 valence electrons. The number of imide groups is 2. The fourth-order valence-corrected chi connectivity index (χ4v) is 4.57. The first-order valence-corrected chi connectivity index (χ1v) is 9.30. The van der Waals surface area contributed by atoms with Crippen molar-refractivity contribution in [2.75, 3.05) is 29.6 Å². The SMILES string of the molecule is O=C1NC(=O)[C@@]2(Cc3ccccc3N3CCOC[C@@H]32)C(=O)N1c1ccccc1. The van der Waals surface area contributed by atoms with Gasteiger partial charge in [0.1, 0.15) is 0 Å². The van der Waals surface area contributed by atoms with Crippen LogP contribution in [-0.2, 0) is 20.7 Å². The molecule has 1 N–H and O–H groups in total. The molecule has 1 spiro atoms. The van der Waals surface area contributed by atoms with E-state index < -0.39 is 29.3 Å². The summed E-state index contributed by atoms with van der Waals surface area (Å²) in [6, 6.07) is 15.3. The Labute approximate surface area is 161 Å². The summed E-state index contributed by atoms with van der Waals surface area (Å²) in [7, 11) is 0. The van der Waals surface area contributed by atoms with E-state index in [0.717, 1.165) is 16.2 Å². The highest BCUT2D eigenvalue weighted by atomic mass is 16.5. The third-order valence-electron chi connectivity index (χ3n) is 5.90. The molecule has 4 amide bonds. The summed E-state index contributed by atoms with van der Waals surface area (Å²) >= 11 is 0. The molecule has 2 atom stereocenters. The molecule has 2 aromatic carbocycles. The molecule has 0 bridgehead atoms. The lowest BCUT2D eigenvalue weighted by atomic mass is 9.68. The highest BCUT2D eigenvalue weighted by Crippen LogP contribution is 2.45. The van der Waals surface area contributed by atoms with Gasteiger partial charge in [0, 0.05) is 12.2 Å². The third kappa shape index (κ3) is 2.23. The lowest BCUT2D eigenvalue weighted by molar-refractivity contribution is -0.146. The molecule has 28 heavy (non-hydrogen) atoms. The Balaban J connectivity index is 1.67. The molecule has 2 fully saturated rings. The molecule has 3 aliphatic rings. The van der Waals surface area contributed by atoms with E-state index in [1.165, 1.54) is 0 Å². The number of hydrogen-bond acceptors (Lipinski definition) is 5. The molecule has 0 aromatic heterocycles. The Bertz CT molecular complexity index is 977. The average Bonchev–Trinajstić information content (AvgIpc) is 2.73. The highest BCUT2D eigenvalue weighted by Gasteiger charge is 2.62. The van der Waals surface area contributed by atoms with Crippen LogP contribution in [0.2, 0.25) is 0 Å². The summed E-state index contributed by atoms with van der Waals surface area (Å²) in [6.45, 7) is 1.37. The summed E-state index contributed by atoms with van der Waals surface area (Å²) < 4.78 is 5.67. The topological polar surface area (TPSA) is 79.0 Å². The van der Waals surface area contributed by atoms with Crippen LogP contribution in [-0.4, -0.2) is 43.6 Å². The predicted molar refractivity (Wildman–Crippen MR) is 102 cm³/mol. The maximum absolute atomic E-state index is 13.8. The van der Waals surface area contributed by atoms with Crippen molar-refractivity contribution >= 4 is 29.2 Å². The second kappa shape index (κ2) is 6.17. The molecule has 5 rings (SSSR count). The maximum atomic E-state index is 13.8. The van der Waals surface area contributed by atoms with Crippen molar-refractivity contribution in [2.24, 2.45) is 5.41 Å². The van der Waals surface area contributed by atoms with Crippen LogP contribution in [0.25, 0.3) is 0 Å². The number of anilines is 2. The fraction of sp³-hybridized carbons (Fsp3) is 0.286. The van der Waals surface area contributed by atoms with E-state index >= 15 is 0 Å². The van der Waals surface area contributed by atoms with Crippen LogP contribution in [0.3, 0.4) is 0 Å². The quantitative estimate of drug-likeness (QED) is 0.766. The molecule has 0 radical (unpaired) electrons. The van der Waals surface area contributed by atoms with Crippen LogP contribution in [0.1, 0.15) is 5.56 Å². The molecule has 7 nitrogen and oxygen atoms in total. The highest BCUT2D eigenvalue weighted by molar-refractivity contribution is 6.30. The van der Waals surface area contributed by atoms with Crippen LogP contribution in [0.5, 0.6) is 0 Å². The number of carbonyl (C=O) groups excluding carboxylic acids is 3. The van der Waals surface area contributed by atoms with Gasteiger partial charge in [-0.1, -0.05) is 36.4 Å². The van der Waals surface area contributed by atoms with E-state index in [9.17, 15) is 14.4 Å². The number of morpholine rings is 1. The minimum absolute atomic E-state index is 0.231. The summed E-state index contributed by atoms with van der Waals surface area (Å²) in [4.78, 5) is 42.7. The van der Waals surface area contributed by atoms with Gasteiger partial charge in [0.05, 0.1) is 24.9 Å². The molecular formula is C21H19N3O4. The zero-order valence-electron chi connectivity index (χ0n) is 15.1. The number of nitrogens with zero attached hydrogens (tertiary/aromatic N) is 2. The molecule has 7 heteroatoms. The van der Waals surface area contributed by atoms with E-state index in [1.807, 2.05) is 30.3 Å². The second-order valence-corrected chi connectivity index (χ2v) is 7.30. The summed E-state index contributed by atoms with van der Waals surface area (Å²) in [5, 5.41) is 2.43. The Kier molecular flexibility index (Phi) is 3.73. The van der Waals surface area contributed by atoms with Gasteiger partial charge < -0.3 is 9.64 Å². The normalized spacial score (nSPS) is 26.7. The molecule has 0 saturated carbocycles. The Morgan fingerprint density at radius 1 is 1.00 bits per heavy atom. The molecular weight excluding hydrogens is 358 g/mol. The molecule has 2 saturated heterocycles. The fourth-order valence-electron chi connectivity index (χ4n) is 4.57. The number of nitrogens with one attached hydrogen (secondary N) is 1. The van der Waals surface area contributed by atoms with Gasteiger partial charge in [-0.25, -0.2) is 9.69 Å². The largest absolute Gasteiger partial charge is 0.377 e. The van der Waals surface area contributed by atoms with Gasteiger partial charge in [-0.15, -0.1) is 0 Å². The first-order chi connectivity index (χ1) is 13.6. The molecule has 0 unspecified atom stereocenters. The zero-order valence-corrected chi connectivity index (χ0v) is 15.1. The monoisotopic (exact) mass is 377 g/mol. The summed E-state index contributed by atoms with van der Waals surface area (Å²) in [6.07, 6.45) is 0.231. The van der Waals surface area contributed by atoms with Gasteiger partial charge in [0.15, 0.2) is 5.41 Å². The van der Waals surface area contributed by atoms with Crippen LogP contribution in [0.4, 0.5) is 16.2 Å². The number of benzene rings is 2. The van der Waals surface area contributed by atoms with Gasteiger partial charge in [-0.05, 0) is 30.2 Å². The number of carbonyl (C=O) groups is 3. The lowest BCUT2D eigenvalue weighted by Gasteiger charge is -2.53. The van der Waals surface area contributed by atoms with Crippen LogP contribution in [0.15, 0.2) is 54.6 Å². The van der Waals surface area contributed by atoms with E-state index in [0.29, 0.717) is 18.8 Å². The van der Waals surface area contributed by atoms with Crippen LogP contribution in [0, 0.1) is 5.41 Å². The number of para-hydroxylation sites is 2. The van der Waals surface area contributed by atoms with Gasteiger partial charge in [-0.2, -0.15) is 0 Å². The van der Waals surface area contributed by atoms with Crippen molar-refractivity contribution in [2.45, 2.75) is 12.5 Å². The lowest BCUT2D eigenvalue weighted by Crippen LogP contribution is -2.74. The minimum Gasteiger partial charge on any atom is -0.377 e. The van der Waals surface area contributed by atoms with E-state index in [1.54, 1.807) is 24.3 Å². The van der Waals surface area contributed by atoms with Crippen molar-refractivity contribution in [3.8, 4) is 0 Å². The van der Waals surface area contributed by atoms with Crippen molar-refractivity contribution in [3.05, 3.63) is 60.2 Å². The van der Waals surface area contributed by atoms with Crippen molar-refractivity contribution in [3.63, 3.8) is 0 Å². The van der Waals surface area contributed by atoms with Gasteiger partial charge in [0.2, 0.25) is 5.91 Å². The van der Waals surface area contributed by atoms with Gasteiger partial charge in [-0.3, -0.25) is 14.9 Å². The zero-order chi connectivity index (χ0) is 19.3. The van der Waals surface area contributed by atoms with E-state index in [4.69, 9.17) is 4.74 Å². The number of amides is 4. The smallest absolute Gasteiger partial charge is 0.335 e. The van der Waals surface area contributed by atoms with Gasteiger partial charge in [0.25, 0.3) is 5.91 Å². The molecule has 0 aliphatic carbocycles. The number of ether oxygens (including phenoxy) is 1. The average molecular weight is 377 g/mol. The number of hydrogen-bond donors (Lipinski definition) is 1. The van der Waals surface area contributed by atoms with Crippen LogP contribution < -0.4 is 15.1 Å². The summed E-state index contributed by atoms with van der Waals surface area (Å²) in [5.41, 5.74) is 0.967. The van der Waals surface area contributed by atoms with Crippen molar-refractivity contribution in [1.29, 1.82) is 0 Å². The number of barbiturate groups is 1. The van der Waals surface area contributed by atoms with E-state index in [-0.39, 0.29) is 13.0 Å². The van der Waals surface area contributed by atoms with E-state index in [2.05, 4.69) is 10.2 Å². The Hall–Kier alpha value is -3.19. The van der Waals surface area contributed by atoms with Crippen molar-refractivity contribution in [1.82, 2.24) is 5.32 Å². The Morgan fingerprint density at radius 3 is 2.57 bits per heavy atom. The maximum Gasteiger partial charge on any atom is 0.335 e. The minimum atomic E-state index is -1.42. The standard InChI is InChI=1S/C21H19N3O4/c25-18-21(19(26)24(20(27)22-18)15-7-2-1-3-8-15)12-14-6-4-5-9-16(14)23-10-11-28-13-17(21)23/h1-9,17H,10-13H2,(H,22,25,27)/t17-,21+/m1/s1. The second-order valence-electron chi connectivity index (χ2n) is 7.30. The third-order valence-corrected chi connectivity index (χ3v) is 5.90. The number of urea groups is 1.